The lowest BCUT2D eigenvalue weighted by Gasteiger charge is -2.27. The van der Waals surface area contributed by atoms with Gasteiger partial charge in [-0.15, -0.1) is 0 Å². The van der Waals surface area contributed by atoms with Crippen LogP contribution in [0, 0.1) is 5.41 Å². The first kappa shape index (κ1) is 13.1. The molecule has 3 nitrogen and oxygen atoms in total. The molecule has 3 radical (unpaired) electrons. The molecule has 2 N–H and O–H groups in total. The second kappa shape index (κ2) is 7.50. The van der Waals surface area contributed by atoms with E-state index in [2.05, 4.69) is 10.2 Å². The summed E-state index contributed by atoms with van der Waals surface area (Å²) >= 11 is 0. The maximum Gasteiger partial charge on any atom is 0.0566 e. The van der Waals surface area contributed by atoms with Gasteiger partial charge in [0.05, 0.1) is 19.8 Å². The van der Waals surface area contributed by atoms with Crippen LogP contribution < -0.4 is 0 Å². The van der Waals surface area contributed by atoms with Gasteiger partial charge in [-0.25, -0.2) is 0 Å². The van der Waals surface area contributed by atoms with Crippen LogP contribution >= 0.6 is 0 Å². The second-order valence-electron chi connectivity index (χ2n) is 3.33. The Labute approximate surface area is 83.5 Å². The molecule has 0 aliphatic rings. The van der Waals surface area contributed by atoms with E-state index in [-0.39, 0.29) is 13.2 Å². The van der Waals surface area contributed by atoms with Gasteiger partial charge in [0.1, 0.15) is 0 Å². The van der Waals surface area contributed by atoms with Crippen LogP contribution in [0.1, 0.15) is 19.8 Å². The molecule has 0 aromatic rings. The lowest BCUT2D eigenvalue weighted by Crippen LogP contribution is -2.34. The number of hydrogen-bond donors (Lipinski definition) is 2. The van der Waals surface area contributed by atoms with Crippen LogP contribution in [0.4, 0.5) is 0 Å². The first-order valence-corrected chi connectivity index (χ1v) is 5.39. The minimum absolute atomic E-state index is 0.0200. The van der Waals surface area contributed by atoms with Gasteiger partial charge in [0, 0.05) is 22.3 Å². The van der Waals surface area contributed by atoms with Crippen molar-refractivity contribution in [3.63, 3.8) is 0 Å². The predicted octanol–water partition coefficient (Wildman–Crippen LogP) is 0.361. The van der Waals surface area contributed by atoms with Gasteiger partial charge >= 0.3 is 0 Å². The SMILES string of the molecule is CCC(CO)(CO)COCCC[Si]. The van der Waals surface area contributed by atoms with Crippen molar-refractivity contribution in [2.24, 2.45) is 5.41 Å². The van der Waals surface area contributed by atoms with E-state index in [4.69, 9.17) is 14.9 Å². The zero-order valence-corrected chi connectivity index (χ0v) is 9.25. The van der Waals surface area contributed by atoms with Gasteiger partial charge in [0.2, 0.25) is 0 Å². The van der Waals surface area contributed by atoms with Crippen molar-refractivity contribution in [2.45, 2.75) is 25.8 Å². The summed E-state index contributed by atoms with van der Waals surface area (Å²) in [5.41, 5.74) is -0.453. The van der Waals surface area contributed by atoms with Crippen molar-refractivity contribution in [1.29, 1.82) is 0 Å². The van der Waals surface area contributed by atoms with E-state index in [9.17, 15) is 0 Å². The fourth-order valence-electron chi connectivity index (χ4n) is 0.930. The zero-order valence-electron chi connectivity index (χ0n) is 8.25. The van der Waals surface area contributed by atoms with Gasteiger partial charge in [-0.2, -0.15) is 0 Å². The molecule has 0 aromatic heterocycles. The number of hydrogen-bond acceptors (Lipinski definition) is 3. The smallest absolute Gasteiger partial charge is 0.0566 e. The van der Waals surface area contributed by atoms with Gasteiger partial charge in [0.25, 0.3) is 0 Å². The summed E-state index contributed by atoms with van der Waals surface area (Å²) in [5, 5.41) is 18.2. The highest BCUT2D eigenvalue weighted by molar-refractivity contribution is 6.08. The Morgan fingerprint density at radius 2 is 1.92 bits per heavy atom. The Bertz CT molecular complexity index is 107. The molecule has 0 saturated heterocycles. The van der Waals surface area contributed by atoms with E-state index < -0.39 is 5.41 Å². The molecule has 0 aliphatic carbocycles. The summed E-state index contributed by atoms with van der Waals surface area (Å²) in [4.78, 5) is 0. The summed E-state index contributed by atoms with van der Waals surface area (Å²) in [7, 11) is 3.35. The summed E-state index contributed by atoms with van der Waals surface area (Å²) < 4.78 is 5.36. The van der Waals surface area contributed by atoms with Crippen LogP contribution in [0.15, 0.2) is 0 Å². The highest BCUT2D eigenvalue weighted by Crippen LogP contribution is 2.20. The molecular weight excluding hydrogens is 184 g/mol. The van der Waals surface area contributed by atoms with Gasteiger partial charge in [-0.1, -0.05) is 13.0 Å². The van der Waals surface area contributed by atoms with E-state index in [0.717, 1.165) is 18.9 Å². The molecule has 77 valence electrons. The average molecular weight is 203 g/mol. The lowest BCUT2D eigenvalue weighted by atomic mass is 9.88. The normalized spacial score (nSPS) is 12.0. The molecule has 0 rings (SSSR count). The minimum atomic E-state index is -0.453. The highest BCUT2D eigenvalue weighted by atomic mass is 28.1. The van der Waals surface area contributed by atoms with Crippen molar-refractivity contribution in [3.8, 4) is 0 Å². The molecule has 0 bridgehead atoms. The van der Waals surface area contributed by atoms with E-state index in [1.807, 2.05) is 6.92 Å². The highest BCUT2D eigenvalue weighted by Gasteiger charge is 2.26. The van der Waals surface area contributed by atoms with Crippen LogP contribution in [-0.2, 0) is 4.74 Å². The maximum atomic E-state index is 9.08. The number of ether oxygens (including phenoxy) is 1. The summed E-state index contributed by atoms with van der Waals surface area (Å²) in [6.45, 7) is 3.01. The lowest BCUT2D eigenvalue weighted by molar-refractivity contribution is -0.0296. The van der Waals surface area contributed by atoms with Gasteiger partial charge < -0.3 is 14.9 Å². The zero-order chi connectivity index (χ0) is 10.2. The molecule has 0 aliphatic heterocycles. The van der Waals surface area contributed by atoms with Gasteiger partial charge in [-0.05, 0) is 12.8 Å². The third-order valence-electron chi connectivity index (χ3n) is 2.29. The molecule has 4 heteroatoms. The third-order valence-corrected chi connectivity index (χ3v) is 2.65. The molecule has 0 aromatic carbocycles. The second-order valence-corrected chi connectivity index (χ2v) is 3.83. The monoisotopic (exact) mass is 203 g/mol. The largest absolute Gasteiger partial charge is 0.396 e. The third kappa shape index (κ3) is 4.76. The van der Waals surface area contributed by atoms with Crippen LogP contribution in [0.25, 0.3) is 0 Å². The Morgan fingerprint density at radius 1 is 1.31 bits per heavy atom. The van der Waals surface area contributed by atoms with Crippen LogP contribution in [0.3, 0.4) is 0 Å². The minimum Gasteiger partial charge on any atom is -0.396 e. The van der Waals surface area contributed by atoms with Crippen molar-refractivity contribution in [1.82, 2.24) is 0 Å². The molecule has 0 heterocycles. The van der Waals surface area contributed by atoms with Crippen molar-refractivity contribution in [3.05, 3.63) is 0 Å². The Hall–Kier alpha value is 0.0969. The van der Waals surface area contributed by atoms with Crippen molar-refractivity contribution < 1.29 is 14.9 Å². The first-order valence-electron chi connectivity index (χ1n) is 4.68. The van der Waals surface area contributed by atoms with E-state index >= 15 is 0 Å². The van der Waals surface area contributed by atoms with Gasteiger partial charge in [-0.3, -0.25) is 0 Å². The molecule has 0 atom stereocenters. The van der Waals surface area contributed by atoms with Crippen LogP contribution in [0.2, 0.25) is 6.04 Å². The molecule has 0 unspecified atom stereocenters. The predicted molar refractivity (Wildman–Crippen MR) is 52.9 cm³/mol. The number of aliphatic hydroxyl groups is 2. The fourth-order valence-corrected chi connectivity index (χ4v) is 1.07. The quantitative estimate of drug-likeness (QED) is 0.442. The first-order chi connectivity index (χ1) is 6.24. The summed E-state index contributed by atoms with van der Waals surface area (Å²) in [6, 6.07) is 0.914. The van der Waals surface area contributed by atoms with E-state index in [1.54, 1.807) is 0 Å². The molecule has 0 spiro atoms. The maximum absolute atomic E-state index is 9.08. The average Bonchev–Trinajstić information content (AvgIpc) is 2.20. The molecule has 0 amide bonds. The number of rotatable bonds is 8. The van der Waals surface area contributed by atoms with Crippen molar-refractivity contribution in [2.75, 3.05) is 26.4 Å². The Balaban J connectivity index is 3.68. The van der Waals surface area contributed by atoms with E-state index in [1.165, 1.54) is 0 Å². The fraction of sp³-hybridized carbons (Fsp3) is 1.00. The molecule has 13 heavy (non-hydrogen) atoms. The van der Waals surface area contributed by atoms with Gasteiger partial charge in [0.15, 0.2) is 0 Å². The molecule has 0 fully saturated rings. The Kier molecular flexibility index (Phi) is 7.55. The number of aliphatic hydroxyl groups excluding tert-OH is 2. The summed E-state index contributed by atoms with van der Waals surface area (Å²) in [5.74, 6) is 0. The molecule has 0 saturated carbocycles. The van der Waals surface area contributed by atoms with E-state index in [0.29, 0.717) is 13.2 Å². The van der Waals surface area contributed by atoms with Crippen LogP contribution in [0.5, 0.6) is 0 Å². The summed E-state index contributed by atoms with van der Waals surface area (Å²) in [6.07, 6.45) is 1.68. The Morgan fingerprint density at radius 3 is 2.31 bits per heavy atom. The topological polar surface area (TPSA) is 49.7 Å². The van der Waals surface area contributed by atoms with Crippen molar-refractivity contribution >= 4 is 10.2 Å². The van der Waals surface area contributed by atoms with Crippen LogP contribution in [-0.4, -0.2) is 46.9 Å². The standard InChI is InChI=1S/C9H19O3Si/c1-2-9(6-10,7-11)8-12-4-3-5-13/h10-11H,2-8H2,1H3. The molecular formula is C9H19O3Si.